The van der Waals surface area contributed by atoms with Gasteiger partial charge in [0, 0.05) is 18.0 Å². The number of ether oxygens (including phenoxy) is 1. The van der Waals surface area contributed by atoms with E-state index in [1.807, 2.05) is 6.92 Å². The van der Waals surface area contributed by atoms with Gasteiger partial charge in [-0.1, -0.05) is 25.1 Å². The van der Waals surface area contributed by atoms with Gasteiger partial charge in [-0.05, 0) is 36.2 Å². The van der Waals surface area contributed by atoms with Crippen molar-refractivity contribution in [3.8, 4) is 5.75 Å². The molecule has 2 amide bonds. The minimum absolute atomic E-state index is 0.223. The van der Waals surface area contributed by atoms with Crippen LogP contribution in [0.4, 0.5) is 10.5 Å². The lowest BCUT2D eigenvalue weighted by Gasteiger charge is -2.18. The number of carbonyl (C=O) groups is 1. The summed E-state index contributed by atoms with van der Waals surface area (Å²) in [6.45, 7) is 1.95. The van der Waals surface area contributed by atoms with Gasteiger partial charge < -0.3 is 15.4 Å². The average Bonchev–Trinajstić information content (AvgIpc) is 2.59. The maximum atomic E-state index is 12.2. The van der Waals surface area contributed by atoms with Crippen LogP contribution in [0.2, 0.25) is 0 Å². The maximum absolute atomic E-state index is 12.2. The Hall–Kier alpha value is -2.54. The highest BCUT2D eigenvalue weighted by molar-refractivity contribution is 7.90. The van der Waals surface area contributed by atoms with E-state index in [-0.39, 0.29) is 17.0 Å². The first kappa shape index (κ1) is 18.8. The number of carbonyl (C=O) groups excluding carboxylic acids is 1. The summed E-state index contributed by atoms with van der Waals surface area (Å²) in [6, 6.07) is 13.0. The van der Waals surface area contributed by atoms with Gasteiger partial charge in [0.05, 0.1) is 18.0 Å². The van der Waals surface area contributed by atoms with E-state index in [2.05, 4.69) is 10.6 Å². The van der Waals surface area contributed by atoms with E-state index >= 15 is 0 Å². The highest BCUT2D eigenvalue weighted by Crippen LogP contribution is 2.20. The minimum atomic E-state index is -3.23. The second-order valence-corrected chi connectivity index (χ2v) is 7.65. The highest BCUT2D eigenvalue weighted by atomic mass is 32.2. The number of anilines is 1. The van der Waals surface area contributed by atoms with Crippen LogP contribution in [0.15, 0.2) is 53.4 Å². The first-order valence-electron chi connectivity index (χ1n) is 7.85. The lowest BCUT2D eigenvalue weighted by atomic mass is 10.1. The molecule has 0 aliphatic rings. The Balaban J connectivity index is 2.06. The molecule has 0 radical (unpaired) electrons. The Labute approximate surface area is 148 Å². The number of sulfone groups is 1. The summed E-state index contributed by atoms with van der Waals surface area (Å²) >= 11 is 0. The Morgan fingerprint density at radius 3 is 2.40 bits per heavy atom. The molecule has 0 spiro atoms. The minimum Gasteiger partial charge on any atom is -0.497 e. The number of amides is 2. The molecule has 0 bridgehead atoms. The third-order valence-corrected chi connectivity index (χ3v) is 4.88. The molecule has 2 aromatic carbocycles. The van der Waals surface area contributed by atoms with Crippen LogP contribution in [0.5, 0.6) is 5.75 Å². The molecule has 0 aliphatic heterocycles. The fraction of sp³-hybridized carbons (Fsp3) is 0.278. The summed E-state index contributed by atoms with van der Waals surface area (Å²) in [5, 5.41) is 5.65. The van der Waals surface area contributed by atoms with Gasteiger partial charge >= 0.3 is 6.03 Å². The summed E-state index contributed by atoms with van der Waals surface area (Å²) < 4.78 is 28.2. The molecule has 2 N–H and O–H groups in total. The fourth-order valence-electron chi connectivity index (χ4n) is 2.39. The molecule has 2 rings (SSSR count). The van der Waals surface area contributed by atoms with Crippen LogP contribution in [0.1, 0.15) is 24.9 Å². The summed E-state index contributed by atoms with van der Waals surface area (Å²) in [5.74, 6) is 0.654. The molecule has 0 saturated heterocycles. The van der Waals surface area contributed by atoms with Crippen molar-refractivity contribution in [1.29, 1.82) is 0 Å². The van der Waals surface area contributed by atoms with Crippen LogP contribution in [-0.2, 0) is 9.84 Å². The van der Waals surface area contributed by atoms with E-state index in [0.717, 1.165) is 5.56 Å². The molecule has 0 saturated carbocycles. The van der Waals surface area contributed by atoms with Crippen LogP contribution in [0.3, 0.4) is 0 Å². The number of benzene rings is 2. The Kier molecular flexibility index (Phi) is 6.03. The van der Waals surface area contributed by atoms with E-state index in [0.29, 0.717) is 17.9 Å². The third-order valence-electron chi connectivity index (χ3n) is 3.75. The smallest absolute Gasteiger partial charge is 0.319 e. The molecule has 0 fully saturated rings. The van der Waals surface area contributed by atoms with Crippen molar-refractivity contribution in [3.05, 3.63) is 54.1 Å². The Morgan fingerprint density at radius 1 is 1.16 bits per heavy atom. The number of methoxy groups -OCH3 is 1. The number of nitrogens with one attached hydrogen (secondary N) is 2. The standard InChI is InChI=1S/C18H22N2O4S/c1-4-17(13-8-10-16(11-9-13)25(3,22)23)20-18(21)19-14-6-5-7-15(12-14)24-2/h5-12,17H,4H2,1-3H3,(H2,19,20,21)/t17-/m0/s1. The van der Waals surface area contributed by atoms with Crippen LogP contribution >= 0.6 is 0 Å². The number of urea groups is 1. The largest absolute Gasteiger partial charge is 0.497 e. The molecule has 2 aromatic rings. The number of rotatable bonds is 6. The van der Waals surface area contributed by atoms with Crippen molar-refractivity contribution in [2.75, 3.05) is 18.7 Å². The van der Waals surface area contributed by atoms with Gasteiger partial charge in [0.1, 0.15) is 5.75 Å². The summed E-state index contributed by atoms with van der Waals surface area (Å²) in [5.41, 5.74) is 1.47. The fourth-order valence-corrected chi connectivity index (χ4v) is 3.03. The van der Waals surface area contributed by atoms with Crippen LogP contribution in [0.25, 0.3) is 0 Å². The zero-order chi connectivity index (χ0) is 18.4. The quantitative estimate of drug-likeness (QED) is 0.825. The molecular weight excluding hydrogens is 340 g/mol. The van der Waals surface area contributed by atoms with Gasteiger partial charge in [-0.25, -0.2) is 13.2 Å². The predicted octanol–water partition coefficient (Wildman–Crippen LogP) is 3.37. The van der Waals surface area contributed by atoms with Crippen molar-refractivity contribution in [3.63, 3.8) is 0 Å². The predicted molar refractivity (Wildman–Crippen MR) is 97.7 cm³/mol. The van der Waals surface area contributed by atoms with Crippen LogP contribution < -0.4 is 15.4 Å². The van der Waals surface area contributed by atoms with Gasteiger partial charge in [0.25, 0.3) is 0 Å². The molecule has 0 aliphatic carbocycles. The number of hydrogen-bond donors (Lipinski definition) is 2. The van der Waals surface area contributed by atoms with Crippen molar-refractivity contribution >= 4 is 21.6 Å². The average molecular weight is 362 g/mol. The van der Waals surface area contributed by atoms with E-state index in [4.69, 9.17) is 4.74 Å². The van der Waals surface area contributed by atoms with E-state index < -0.39 is 9.84 Å². The molecule has 0 heterocycles. The summed E-state index contributed by atoms with van der Waals surface area (Å²) in [6.07, 6.45) is 1.84. The van der Waals surface area contributed by atoms with Gasteiger partial charge in [0.15, 0.2) is 9.84 Å². The third kappa shape index (κ3) is 5.22. The molecule has 25 heavy (non-hydrogen) atoms. The Morgan fingerprint density at radius 2 is 1.84 bits per heavy atom. The lowest BCUT2D eigenvalue weighted by Crippen LogP contribution is -2.32. The highest BCUT2D eigenvalue weighted by Gasteiger charge is 2.14. The van der Waals surface area contributed by atoms with Crippen molar-refractivity contribution in [1.82, 2.24) is 5.32 Å². The van der Waals surface area contributed by atoms with E-state index in [1.54, 1.807) is 55.6 Å². The molecule has 6 nitrogen and oxygen atoms in total. The summed E-state index contributed by atoms with van der Waals surface area (Å²) in [4.78, 5) is 12.5. The second kappa shape index (κ2) is 8.02. The lowest BCUT2D eigenvalue weighted by molar-refractivity contribution is 0.248. The first-order valence-corrected chi connectivity index (χ1v) is 9.74. The van der Waals surface area contributed by atoms with E-state index in [1.165, 1.54) is 6.26 Å². The van der Waals surface area contributed by atoms with Gasteiger partial charge in [0.2, 0.25) is 0 Å². The zero-order valence-electron chi connectivity index (χ0n) is 14.4. The maximum Gasteiger partial charge on any atom is 0.319 e. The van der Waals surface area contributed by atoms with Crippen molar-refractivity contribution in [2.45, 2.75) is 24.3 Å². The molecule has 1 atom stereocenters. The van der Waals surface area contributed by atoms with Crippen molar-refractivity contribution < 1.29 is 17.9 Å². The van der Waals surface area contributed by atoms with Crippen molar-refractivity contribution in [2.24, 2.45) is 0 Å². The van der Waals surface area contributed by atoms with Crippen LogP contribution in [0, 0.1) is 0 Å². The van der Waals surface area contributed by atoms with E-state index in [9.17, 15) is 13.2 Å². The molecular formula is C18H22N2O4S. The summed E-state index contributed by atoms with van der Waals surface area (Å²) in [7, 11) is -1.67. The number of hydrogen-bond acceptors (Lipinski definition) is 4. The Bertz CT molecular complexity index is 832. The van der Waals surface area contributed by atoms with Gasteiger partial charge in [-0.2, -0.15) is 0 Å². The SMILES string of the molecule is CC[C@H](NC(=O)Nc1cccc(OC)c1)c1ccc(S(C)(=O)=O)cc1. The van der Waals surface area contributed by atoms with Gasteiger partial charge in [-0.3, -0.25) is 0 Å². The topological polar surface area (TPSA) is 84.5 Å². The first-order chi connectivity index (χ1) is 11.8. The second-order valence-electron chi connectivity index (χ2n) is 5.63. The van der Waals surface area contributed by atoms with Gasteiger partial charge in [-0.15, -0.1) is 0 Å². The molecule has 0 aromatic heterocycles. The monoisotopic (exact) mass is 362 g/mol. The molecule has 7 heteroatoms. The zero-order valence-corrected chi connectivity index (χ0v) is 15.3. The molecule has 0 unspecified atom stereocenters. The molecule has 134 valence electrons. The van der Waals surface area contributed by atoms with Crippen LogP contribution in [-0.4, -0.2) is 27.8 Å². The normalized spacial score (nSPS) is 12.3.